The Bertz CT molecular complexity index is 1000. The molecule has 1 unspecified atom stereocenters. The number of hydrogen-bond donors (Lipinski definition) is 1. The average Bonchev–Trinajstić information content (AvgIpc) is 3.44. The molecule has 0 amide bonds. The summed E-state index contributed by atoms with van der Waals surface area (Å²) < 4.78 is 12.9. The molecule has 0 bridgehead atoms. The Balaban J connectivity index is 1.14. The van der Waals surface area contributed by atoms with Gasteiger partial charge in [0.2, 0.25) is 0 Å². The molecule has 0 radical (unpaired) electrons. The monoisotopic (exact) mass is 456 g/mol. The zero-order valence-corrected chi connectivity index (χ0v) is 18.6. The van der Waals surface area contributed by atoms with Crippen LogP contribution in [0, 0.1) is 0 Å². The number of tetrazole rings is 1. The van der Waals surface area contributed by atoms with E-state index in [1.807, 2.05) is 6.92 Å². The Hall–Kier alpha value is -2.96. The number of rotatable bonds is 5. The highest BCUT2D eigenvalue weighted by atomic mass is 16.5. The minimum atomic E-state index is -0.727. The molecule has 0 aromatic carbocycles. The van der Waals surface area contributed by atoms with E-state index in [-0.39, 0.29) is 11.6 Å². The molecular weight excluding hydrogens is 428 g/mol. The van der Waals surface area contributed by atoms with Crippen molar-refractivity contribution in [3.8, 4) is 5.82 Å². The van der Waals surface area contributed by atoms with Crippen LogP contribution in [0.2, 0.25) is 0 Å². The molecule has 2 fully saturated rings. The van der Waals surface area contributed by atoms with E-state index in [9.17, 15) is 9.90 Å². The number of carbonyl (C=O) groups is 1. The van der Waals surface area contributed by atoms with Gasteiger partial charge in [-0.3, -0.25) is 4.98 Å². The Morgan fingerprint density at radius 3 is 2.64 bits per heavy atom. The zero-order chi connectivity index (χ0) is 22.8. The molecule has 1 spiro atoms. The van der Waals surface area contributed by atoms with Gasteiger partial charge in [-0.1, -0.05) is 0 Å². The van der Waals surface area contributed by atoms with Gasteiger partial charge in [-0.15, -0.1) is 5.10 Å². The van der Waals surface area contributed by atoms with Crippen LogP contribution < -0.4 is 0 Å². The lowest BCUT2D eigenvalue weighted by Gasteiger charge is -2.41. The van der Waals surface area contributed by atoms with Crippen LogP contribution in [0.3, 0.4) is 0 Å². The van der Waals surface area contributed by atoms with Crippen LogP contribution in [0.1, 0.15) is 38.0 Å². The fraction of sp³-hybridized carbons (Fsp3) is 0.619. The van der Waals surface area contributed by atoms with Crippen LogP contribution in [0.15, 0.2) is 30.0 Å². The zero-order valence-electron chi connectivity index (χ0n) is 18.6. The lowest BCUT2D eigenvalue weighted by molar-refractivity contribution is -0.136. The molecule has 176 valence electrons. The van der Waals surface area contributed by atoms with Crippen molar-refractivity contribution >= 4 is 5.97 Å². The van der Waals surface area contributed by atoms with Gasteiger partial charge in [-0.25, -0.2) is 9.78 Å². The maximum Gasteiger partial charge on any atom is 0.335 e. The molecule has 3 aliphatic rings. The molecule has 33 heavy (non-hydrogen) atoms. The van der Waals surface area contributed by atoms with E-state index in [1.165, 1.54) is 11.0 Å². The molecule has 0 aliphatic carbocycles. The van der Waals surface area contributed by atoms with Gasteiger partial charge in [-0.2, -0.15) is 4.68 Å². The number of carbonyl (C=O) groups excluding carboxylic acids is 1. The van der Waals surface area contributed by atoms with Gasteiger partial charge < -0.3 is 24.4 Å². The summed E-state index contributed by atoms with van der Waals surface area (Å²) in [4.78, 5) is 24.8. The van der Waals surface area contributed by atoms with Gasteiger partial charge in [0.1, 0.15) is 19.0 Å². The smallest absolute Gasteiger partial charge is 0.335 e. The van der Waals surface area contributed by atoms with Crippen molar-refractivity contribution in [3.63, 3.8) is 0 Å². The maximum absolute atomic E-state index is 11.7. The predicted octanol–water partition coefficient (Wildman–Crippen LogP) is -0.127. The second-order valence-corrected chi connectivity index (χ2v) is 8.79. The number of aliphatic hydroxyl groups excluding tert-OH is 1. The number of ether oxygens (including phenoxy) is 2. The normalized spacial score (nSPS) is 22.5. The molecule has 3 aliphatic heterocycles. The molecule has 5 rings (SSSR count). The van der Waals surface area contributed by atoms with Gasteiger partial charge in [0.15, 0.2) is 5.82 Å². The first-order valence-electron chi connectivity index (χ1n) is 11.2. The Kier molecular flexibility index (Phi) is 6.04. The van der Waals surface area contributed by atoms with Crippen molar-refractivity contribution in [2.45, 2.75) is 37.9 Å². The number of nitrogens with zero attached hydrogens (tertiary/aromatic N) is 8. The highest BCUT2D eigenvalue weighted by Gasteiger charge is 2.39. The summed E-state index contributed by atoms with van der Waals surface area (Å²) in [6, 6.07) is 0. The third-order valence-corrected chi connectivity index (χ3v) is 6.85. The molecule has 2 saturated heterocycles. The molecule has 12 nitrogen and oxygen atoms in total. The largest absolute Gasteiger partial charge is 0.456 e. The van der Waals surface area contributed by atoms with Crippen molar-refractivity contribution in [2.24, 2.45) is 0 Å². The molecule has 0 saturated carbocycles. The minimum absolute atomic E-state index is 0.151. The third-order valence-electron chi connectivity index (χ3n) is 6.85. The number of likely N-dealkylation sites (tertiary alicyclic amines) is 1. The van der Waals surface area contributed by atoms with Crippen LogP contribution in [0.5, 0.6) is 0 Å². The number of aromatic nitrogens is 6. The summed E-state index contributed by atoms with van der Waals surface area (Å²) in [5.41, 5.74) is 2.07. The lowest BCUT2D eigenvalue weighted by Crippen LogP contribution is -2.47. The lowest BCUT2D eigenvalue weighted by atomic mass is 9.87. The molecule has 2 aromatic rings. The maximum atomic E-state index is 11.7. The van der Waals surface area contributed by atoms with Gasteiger partial charge in [0, 0.05) is 32.7 Å². The van der Waals surface area contributed by atoms with E-state index in [4.69, 9.17) is 9.47 Å². The second kappa shape index (κ2) is 9.12. The standard InChI is InChI=1S/C21H28N8O4/c1-15-17(13-32-20(15)31)28-7-4-21(33-9-8-28)2-5-27(6-3-21)12-18(30)16-10-23-19(11-22-16)29-14-24-25-26-29/h10-11,14,18,30H,2-9,12-13H2,1H3. The fourth-order valence-electron chi connectivity index (χ4n) is 4.73. The first-order valence-corrected chi connectivity index (χ1v) is 11.2. The summed E-state index contributed by atoms with van der Waals surface area (Å²) in [7, 11) is 0. The van der Waals surface area contributed by atoms with Crippen LogP contribution in [0.4, 0.5) is 0 Å². The summed E-state index contributed by atoms with van der Waals surface area (Å²) in [6.07, 6.45) is 6.55. The van der Waals surface area contributed by atoms with E-state index >= 15 is 0 Å². The number of esters is 1. The van der Waals surface area contributed by atoms with Gasteiger partial charge >= 0.3 is 5.97 Å². The van der Waals surface area contributed by atoms with E-state index in [2.05, 4.69) is 35.3 Å². The quantitative estimate of drug-likeness (QED) is 0.604. The van der Waals surface area contributed by atoms with Crippen molar-refractivity contribution in [1.82, 2.24) is 40.0 Å². The average molecular weight is 457 g/mol. The van der Waals surface area contributed by atoms with Gasteiger partial charge in [0.25, 0.3) is 0 Å². The van der Waals surface area contributed by atoms with Crippen molar-refractivity contribution in [3.05, 3.63) is 35.7 Å². The summed E-state index contributed by atoms with van der Waals surface area (Å²) in [5.74, 6) is 0.279. The van der Waals surface area contributed by atoms with Crippen LogP contribution in [0.25, 0.3) is 5.82 Å². The Morgan fingerprint density at radius 2 is 1.97 bits per heavy atom. The highest BCUT2D eigenvalue weighted by molar-refractivity contribution is 5.90. The number of cyclic esters (lactones) is 1. The highest BCUT2D eigenvalue weighted by Crippen LogP contribution is 2.34. The Labute approximate surface area is 191 Å². The predicted molar refractivity (Wildman–Crippen MR) is 114 cm³/mol. The van der Waals surface area contributed by atoms with Crippen LogP contribution >= 0.6 is 0 Å². The first kappa shape index (κ1) is 21.9. The first-order chi connectivity index (χ1) is 16.0. The number of aliphatic hydroxyl groups is 1. The van der Waals surface area contributed by atoms with E-state index < -0.39 is 6.10 Å². The fourth-order valence-corrected chi connectivity index (χ4v) is 4.73. The molecule has 5 heterocycles. The van der Waals surface area contributed by atoms with Crippen molar-refractivity contribution in [2.75, 3.05) is 45.9 Å². The van der Waals surface area contributed by atoms with Crippen LogP contribution in [-0.2, 0) is 14.3 Å². The number of β-amino-alcohol motifs (C(OH)–C–C–N with tert-alkyl or cyclic N) is 1. The van der Waals surface area contributed by atoms with Crippen LogP contribution in [-0.4, -0.2) is 103 Å². The van der Waals surface area contributed by atoms with Crippen molar-refractivity contribution < 1.29 is 19.4 Å². The van der Waals surface area contributed by atoms with E-state index in [1.54, 1.807) is 12.4 Å². The SMILES string of the molecule is CC1=C(N2CCOC3(CCN(CC(O)c4cnc(-n5cnnn5)cn4)CC3)CC2)COC1=O. The molecule has 1 atom stereocenters. The van der Waals surface area contributed by atoms with E-state index in [0.29, 0.717) is 36.8 Å². The molecular formula is C21H28N8O4. The molecule has 12 heteroatoms. The number of hydrogen-bond acceptors (Lipinski definition) is 11. The van der Waals surface area contributed by atoms with E-state index in [0.717, 1.165) is 51.1 Å². The third kappa shape index (κ3) is 4.59. The van der Waals surface area contributed by atoms with Gasteiger partial charge in [0.05, 0.1) is 41.6 Å². The minimum Gasteiger partial charge on any atom is -0.456 e. The number of piperidine rings is 1. The topological polar surface area (TPSA) is 132 Å². The molecule has 2 aromatic heterocycles. The van der Waals surface area contributed by atoms with Crippen molar-refractivity contribution in [1.29, 1.82) is 0 Å². The summed E-state index contributed by atoms with van der Waals surface area (Å²) >= 11 is 0. The summed E-state index contributed by atoms with van der Waals surface area (Å²) in [5, 5.41) is 21.6. The Morgan fingerprint density at radius 1 is 1.15 bits per heavy atom. The second-order valence-electron chi connectivity index (χ2n) is 8.79. The van der Waals surface area contributed by atoms with Gasteiger partial charge in [-0.05, 0) is 36.6 Å². The summed E-state index contributed by atoms with van der Waals surface area (Å²) in [6.45, 7) is 6.64. The molecule has 1 N–H and O–H groups in total.